The Labute approximate surface area is 182 Å². The molecule has 0 saturated heterocycles. The largest absolute Gasteiger partial charge is 0.375 e. The van der Waals surface area contributed by atoms with Gasteiger partial charge < -0.3 is 15.0 Å². The van der Waals surface area contributed by atoms with E-state index in [0.29, 0.717) is 24.2 Å². The average Bonchev–Trinajstić information content (AvgIpc) is 3.31. The summed E-state index contributed by atoms with van der Waals surface area (Å²) in [7, 11) is 0. The molecule has 2 aliphatic rings. The number of fused-ring (bicyclic) bond motifs is 2. The molecule has 0 spiro atoms. The highest BCUT2D eigenvalue weighted by Gasteiger charge is 2.51. The van der Waals surface area contributed by atoms with E-state index in [1.165, 1.54) is 0 Å². The zero-order valence-corrected chi connectivity index (χ0v) is 17.6. The van der Waals surface area contributed by atoms with Crippen molar-refractivity contribution in [3.8, 4) is 0 Å². The summed E-state index contributed by atoms with van der Waals surface area (Å²) in [4.78, 5) is 31.4. The van der Waals surface area contributed by atoms with Crippen LogP contribution in [0.2, 0.25) is 0 Å². The van der Waals surface area contributed by atoms with Gasteiger partial charge in [0.05, 0.1) is 5.69 Å². The van der Waals surface area contributed by atoms with E-state index in [1.807, 2.05) is 42.6 Å². The Morgan fingerprint density at radius 1 is 1.06 bits per heavy atom. The van der Waals surface area contributed by atoms with Gasteiger partial charge in [-0.2, -0.15) is 0 Å². The van der Waals surface area contributed by atoms with Crippen molar-refractivity contribution in [2.45, 2.75) is 50.5 Å². The van der Waals surface area contributed by atoms with Crippen LogP contribution in [0.3, 0.4) is 0 Å². The van der Waals surface area contributed by atoms with Crippen LogP contribution in [0, 0.1) is 5.92 Å². The van der Waals surface area contributed by atoms with Gasteiger partial charge in [-0.3, -0.25) is 9.59 Å². The Morgan fingerprint density at radius 2 is 1.81 bits per heavy atom. The normalized spacial score (nSPS) is 21.6. The van der Waals surface area contributed by atoms with Gasteiger partial charge in [0.15, 0.2) is 5.60 Å². The van der Waals surface area contributed by atoms with E-state index in [4.69, 9.17) is 0 Å². The Hall–Kier alpha value is -2.92. The topological polar surface area (TPSA) is 73.4 Å². The minimum atomic E-state index is -1.76. The molecular formula is C26H28N2O3. The number of hydrogen-bond acceptors (Lipinski definition) is 3. The van der Waals surface area contributed by atoms with Crippen molar-refractivity contribution in [2.24, 2.45) is 5.92 Å². The summed E-state index contributed by atoms with van der Waals surface area (Å²) in [6.45, 7) is 0.456. The van der Waals surface area contributed by atoms with Gasteiger partial charge in [0.2, 0.25) is 0 Å². The number of aliphatic hydroxyl groups is 1. The summed E-state index contributed by atoms with van der Waals surface area (Å²) in [6.07, 6.45) is 7.53. The quantitative estimate of drug-likeness (QED) is 0.622. The van der Waals surface area contributed by atoms with E-state index >= 15 is 0 Å². The molecule has 1 amide bonds. The smallest absolute Gasteiger partial charge is 0.264 e. The summed E-state index contributed by atoms with van der Waals surface area (Å²) in [6, 6.07) is 15.5. The van der Waals surface area contributed by atoms with E-state index in [0.717, 1.165) is 48.6 Å². The van der Waals surface area contributed by atoms with Gasteiger partial charge in [0.1, 0.15) is 5.78 Å². The Bertz CT molecular complexity index is 1130. The van der Waals surface area contributed by atoms with E-state index in [9.17, 15) is 14.7 Å². The second-order valence-corrected chi connectivity index (χ2v) is 8.92. The predicted molar refractivity (Wildman–Crippen MR) is 121 cm³/mol. The van der Waals surface area contributed by atoms with Crippen molar-refractivity contribution in [3.63, 3.8) is 0 Å². The molecule has 1 aliphatic carbocycles. The number of aromatic nitrogens is 1. The molecule has 1 aromatic heterocycles. The Morgan fingerprint density at radius 3 is 2.65 bits per heavy atom. The van der Waals surface area contributed by atoms with Gasteiger partial charge in [-0.15, -0.1) is 0 Å². The first-order valence-corrected chi connectivity index (χ1v) is 11.3. The zero-order valence-electron chi connectivity index (χ0n) is 17.6. The van der Waals surface area contributed by atoms with Crippen molar-refractivity contribution in [1.29, 1.82) is 0 Å². The van der Waals surface area contributed by atoms with Crippen LogP contribution in [0.15, 0.2) is 54.7 Å². The number of para-hydroxylation sites is 2. The summed E-state index contributed by atoms with van der Waals surface area (Å²) in [5.74, 6) is -0.389. The SMILES string of the molecule is O=C(C[C@]1(O)C(=O)N(CCc2c[nH]c3ccccc23)c2ccccc21)C1CCCCC1. The second kappa shape index (κ2) is 7.97. The molecule has 0 radical (unpaired) electrons. The van der Waals surface area contributed by atoms with Gasteiger partial charge in [-0.05, 0) is 37.0 Å². The first kappa shape index (κ1) is 20.0. The molecule has 2 N–H and O–H groups in total. The molecule has 1 aliphatic heterocycles. The molecule has 31 heavy (non-hydrogen) atoms. The molecule has 2 aromatic carbocycles. The number of H-pyrrole nitrogens is 1. The van der Waals surface area contributed by atoms with Gasteiger partial charge in [-0.1, -0.05) is 55.7 Å². The van der Waals surface area contributed by atoms with Crippen LogP contribution in [-0.2, 0) is 21.6 Å². The number of anilines is 1. The van der Waals surface area contributed by atoms with Gasteiger partial charge in [0.25, 0.3) is 5.91 Å². The molecule has 5 nitrogen and oxygen atoms in total. The van der Waals surface area contributed by atoms with Crippen LogP contribution < -0.4 is 4.90 Å². The highest BCUT2D eigenvalue weighted by atomic mass is 16.3. The first-order valence-electron chi connectivity index (χ1n) is 11.3. The van der Waals surface area contributed by atoms with Gasteiger partial charge in [-0.25, -0.2) is 0 Å². The molecule has 5 heteroatoms. The van der Waals surface area contributed by atoms with E-state index in [2.05, 4.69) is 11.1 Å². The van der Waals surface area contributed by atoms with Gasteiger partial charge >= 0.3 is 0 Å². The van der Waals surface area contributed by atoms with Crippen LogP contribution in [-0.4, -0.2) is 28.3 Å². The number of Topliss-reactive ketones (excluding diaryl/α,β-unsaturated/α-hetero) is 1. The number of ketones is 1. The van der Waals surface area contributed by atoms with Gasteiger partial charge in [0, 0.05) is 41.5 Å². The minimum Gasteiger partial charge on any atom is -0.375 e. The molecule has 5 rings (SSSR count). The van der Waals surface area contributed by atoms with Crippen molar-refractivity contribution in [3.05, 3.63) is 65.9 Å². The molecule has 1 saturated carbocycles. The maximum atomic E-state index is 13.4. The van der Waals surface area contributed by atoms with E-state index in [-0.39, 0.29) is 24.0 Å². The number of nitrogens with zero attached hydrogens (tertiary/aromatic N) is 1. The molecular weight excluding hydrogens is 388 g/mol. The Kier molecular flexibility index (Phi) is 5.14. The van der Waals surface area contributed by atoms with Crippen molar-refractivity contribution in [2.75, 3.05) is 11.4 Å². The van der Waals surface area contributed by atoms with Crippen LogP contribution in [0.4, 0.5) is 5.69 Å². The lowest BCUT2D eigenvalue weighted by Gasteiger charge is -2.26. The third-order valence-corrected chi connectivity index (χ3v) is 7.01. The average molecular weight is 417 g/mol. The fourth-order valence-corrected chi connectivity index (χ4v) is 5.29. The fraction of sp³-hybridized carbons (Fsp3) is 0.385. The van der Waals surface area contributed by atoms with Crippen LogP contribution in [0.5, 0.6) is 0 Å². The van der Waals surface area contributed by atoms with Crippen LogP contribution in [0.1, 0.15) is 49.7 Å². The molecule has 160 valence electrons. The lowest BCUT2D eigenvalue weighted by atomic mass is 9.80. The molecule has 0 bridgehead atoms. The first-order chi connectivity index (χ1) is 15.1. The Balaban J connectivity index is 1.39. The minimum absolute atomic E-state index is 0.0174. The highest BCUT2D eigenvalue weighted by Crippen LogP contribution is 2.43. The lowest BCUT2D eigenvalue weighted by molar-refractivity contribution is -0.143. The summed E-state index contributed by atoms with van der Waals surface area (Å²) in [5.41, 5.74) is 1.72. The van der Waals surface area contributed by atoms with Crippen LogP contribution >= 0.6 is 0 Å². The zero-order chi connectivity index (χ0) is 21.4. The van der Waals surface area contributed by atoms with Crippen molar-refractivity contribution < 1.29 is 14.7 Å². The summed E-state index contributed by atoms with van der Waals surface area (Å²) < 4.78 is 0. The number of aromatic amines is 1. The molecule has 3 aromatic rings. The highest BCUT2D eigenvalue weighted by molar-refractivity contribution is 6.09. The molecule has 0 unspecified atom stereocenters. The third kappa shape index (κ3) is 3.47. The van der Waals surface area contributed by atoms with Crippen molar-refractivity contribution >= 4 is 28.3 Å². The number of carbonyl (C=O) groups is 2. The summed E-state index contributed by atoms with van der Waals surface area (Å²) >= 11 is 0. The fourth-order valence-electron chi connectivity index (χ4n) is 5.29. The number of carbonyl (C=O) groups excluding carboxylic acids is 2. The van der Waals surface area contributed by atoms with Crippen molar-refractivity contribution in [1.82, 2.24) is 4.98 Å². The lowest BCUT2D eigenvalue weighted by Crippen LogP contribution is -2.43. The second-order valence-electron chi connectivity index (χ2n) is 8.92. The van der Waals surface area contributed by atoms with Crippen LogP contribution in [0.25, 0.3) is 10.9 Å². The van der Waals surface area contributed by atoms with E-state index < -0.39 is 5.60 Å². The maximum Gasteiger partial charge on any atom is 0.264 e. The summed E-state index contributed by atoms with van der Waals surface area (Å²) in [5, 5.41) is 12.6. The third-order valence-electron chi connectivity index (χ3n) is 7.01. The number of hydrogen-bond donors (Lipinski definition) is 2. The maximum absolute atomic E-state index is 13.4. The number of nitrogens with one attached hydrogen (secondary N) is 1. The molecule has 2 heterocycles. The number of benzene rings is 2. The number of amides is 1. The molecule has 1 fully saturated rings. The monoisotopic (exact) mass is 416 g/mol. The standard InChI is InChI=1S/C26H28N2O3/c29-24(18-8-2-1-3-9-18)16-26(31)21-11-5-7-13-23(21)28(25(26)30)15-14-19-17-27-22-12-6-4-10-20(19)22/h4-7,10-13,17-18,27,31H,1-3,8-9,14-16H2/t26-/m1/s1. The van der Waals surface area contributed by atoms with E-state index in [1.54, 1.807) is 11.0 Å². The number of rotatable bonds is 6. The molecule has 1 atom stereocenters. The predicted octanol–water partition coefficient (Wildman–Crippen LogP) is 4.48.